The molecule has 0 N–H and O–H groups in total. The molecule has 0 radical (unpaired) electrons. The third-order valence-electron chi connectivity index (χ3n) is 1.75. The Bertz CT molecular complexity index is 506. The van der Waals surface area contributed by atoms with E-state index in [0.717, 1.165) is 5.56 Å². The van der Waals surface area contributed by atoms with E-state index >= 15 is 0 Å². The number of rotatable bonds is 1. The van der Waals surface area contributed by atoms with Crippen molar-refractivity contribution in [3.63, 3.8) is 0 Å². The van der Waals surface area contributed by atoms with Gasteiger partial charge in [-0.1, -0.05) is 49.7 Å². The van der Waals surface area contributed by atoms with Gasteiger partial charge < -0.3 is 0 Å². The summed E-state index contributed by atoms with van der Waals surface area (Å²) >= 11 is 0. The quantitative estimate of drug-likeness (QED) is 0.560. The SMILES string of the molecule is C[Si](C)(C)C#CS(=O)CC#Cc1ccccc1. The lowest BCUT2D eigenvalue weighted by molar-refractivity contribution is 0.691. The van der Waals surface area contributed by atoms with Crippen LogP contribution in [0.4, 0.5) is 0 Å². The molecule has 1 nitrogen and oxygen atoms in total. The van der Waals surface area contributed by atoms with E-state index in [0.29, 0.717) is 5.75 Å². The van der Waals surface area contributed by atoms with Gasteiger partial charge in [0, 0.05) is 5.56 Å². The highest BCUT2D eigenvalue weighted by atomic mass is 32.2. The second-order valence-corrected chi connectivity index (χ2v) is 10.6. The van der Waals surface area contributed by atoms with Gasteiger partial charge in [0.25, 0.3) is 0 Å². The third-order valence-corrected chi connectivity index (χ3v) is 3.54. The van der Waals surface area contributed by atoms with E-state index in [1.807, 2.05) is 30.3 Å². The van der Waals surface area contributed by atoms with Crippen LogP contribution in [0.15, 0.2) is 30.3 Å². The highest BCUT2D eigenvalue weighted by molar-refractivity contribution is 7.90. The molecule has 0 amide bonds. The molecule has 0 aromatic heterocycles. The molecular formula is C14H16OSSi. The second kappa shape index (κ2) is 6.44. The zero-order valence-electron chi connectivity index (χ0n) is 10.4. The van der Waals surface area contributed by atoms with Gasteiger partial charge in [-0.05, 0) is 17.4 Å². The average Bonchev–Trinajstić information content (AvgIpc) is 2.27. The van der Waals surface area contributed by atoms with E-state index in [4.69, 9.17) is 0 Å². The van der Waals surface area contributed by atoms with Gasteiger partial charge in [0.2, 0.25) is 0 Å². The molecule has 1 aromatic rings. The maximum absolute atomic E-state index is 11.5. The molecular weight excluding hydrogens is 244 g/mol. The van der Waals surface area contributed by atoms with Crippen LogP contribution in [0, 0.1) is 22.6 Å². The summed E-state index contributed by atoms with van der Waals surface area (Å²) in [5, 5.41) is 2.79. The standard InChI is InChI=1S/C14H16OSSi/c1-17(2,3)13-12-16(15)11-7-10-14-8-5-4-6-9-14/h4-6,8-9H,11H2,1-3H3. The normalized spacial score (nSPS) is 11.7. The summed E-state index contributed by atoms with van der Waals surface area (Å²) in [6.07, 6.45) is 0. The Balaban J connectivity index is 2.55. The van der Waals surface area contributed by atoms with Gasteiger partial charge in [0.05, 0.1) is 5.75 Å². The molecule has 1 atom stereocenters. The van der Waals surface area contributed by atoms with Crippen LogP contribution in [-0.2, 0) is 10.8 Å². The molecule has 0 aliphatic carbocycles. The van der Waals surface area contributed by atoms with Gasteiger partial charge in [0.15, 0.2) is 0 Å². The summed E-state index contributed by atoms with van der Waals surface area (Å²) in [7, 11) is -2.57. The molecule has 88 valence electrons. The van der Waals surface area contributed by atoms with E-state index < -0.39 is 18.9 Å². The fraction of sp³-hybridized carbons (Fsp3) is 0.286. The third kappa shape index (κ3) is 6.79. The van der Waals surface area contributed by atoms with Crippen LogP contribution in [0.3, 0.4) is 0 Å². The number of hydrogen-bond donors (Lipinski definition) is 0. The van der Waals surface area contributed by atoms with Gasteiger partial charge in [0.1, 0.15) is 18.9 Å². The lowest BCUT2D eigenvalue weighted by atomic mass is 10.2. The minimum atomic E-state index is -1.43. The van der Waals surface area contributed by atoms with Crippen molar-refractivity contribution in [1.82, 2.24) is 0 Å². The molecule has 1 unspecified atom stereocenters. The van der Waals surface area contributed by atoms with E-state index in [1.165, 1.54) is 0 Å². The van der Waals surface area contributed by atoms with Crippen molar-refractivity contribution >= 4 is 18.9 Å². The van der Waals surface area contributed by atoms with Gasteiger partial charge in [-0.3, -0.25) is 0 Å². The van der Waals surface area contributed by atoms with Crippen molar-refractivity contribution in [2.24, 2.45) is 0 Å². The van der Waals surface area contributed by atoms with Crippen LogP contribution in [0.1, 0.15) is 5.56 Å². The predicted molar refractivity (Wildman–Crippen MR) is 77.5 cm³/mol. The van der Waals surface area contributed by atoms with Crippen LogP contribution in [0.25, 0.3) is 0 Å². The molecule has 0 fully saturated rings. The summed E-state index contributed by atoms with van der Waals surface area (Å²) in [5.41, 5.74) is 4.04. The maximum atomic E-state index is 11.5. The summed E-state index contributed by atoms with van der Waals surface area (Å²) in [5.74, 6) is 6.20. The zero-order chi connectivity index (χ0) is 12.7. The average molecular weight is 260 g/mol. The summed E-state index contributed by atoms with van der Waals surface area (Å²) in [6.45, 7) is 6.40. The van der Waals surface area contributed by atoms with E-state index in [9.17, 15) is 4.21 Å². The predicted octanol–water partition coefficient (Wildman–Crippen LogP) is 2.63. The first-order valence-corrected chi connectivity index (χ1v) is 10.2. The first-order valence-electron chi connectivity index (χ1n) is 5.42. The van der Waals surface area contributed by atoms with Gasteiger partial charge in [-0.25, -0.2) is 4.21 Å². The molecule has 1 rings (SSSR count). The molecule has 0 saturated heterocycles. The summed E-state index contributed by atoms with van der Waals surface area (Å²) < 4.78 is 11.5. The lowest BCUT2D eigenvalue weighted by Crippen LogP contribution is -2.16. The highest BCUT2D eigenvalue weighted by Crippen LogP contribution is 1.97. The van der Waals surface area contributed by atoms with Crippen LogP contribution < -0.4 is 0 Å². The molecule has 17 heavy (non-hydrogen) atoms. The molecule has 0 aliphatic rings. The minimum Gasteiger partial charge on any atom is -0.245 e. The zero-order valence-corrected chi connectivity index (χ0v) is 12.2. The summed E-state index contributed by atoms with van der Waals surface area (Å²) in [4.78, 5) is 0. The van der Waals surface area contributed by atoms with Crippen molar-refractivity contribution in [2.75, 3.05) is 5.75 Å². The fourth-order valence-corrected chi connectivity index (χ4v) is 2.93. The Kier molecular flexibility index (Phi) is 5.22. The smallest absolute Gasteiger partial charge is 0.130 e. The Labute approximate surface area is 107 Å². The van der Waals surface area contributed by atoms with Crippen LogP contribution >= 0.6 is 0 Å². The Morgan fingerprint density at radius 3 is 2.41 bits per heavy atom. The maximum Gasteiger partial charge on any atom is 0.130 e. The molecule has 3 heteroatoms. The van der Waals surface area contributed by atoms with Crippen molar-refractivity contribution in [1.29, 1.82) is 0 Å². The first kappa shape index (κ1) is 13.8. The lowest BCUT2D eigenvalue weighted by Gasteiger charge is -2.02. The number of hydrogen-bond acceptors (Lipinski definition) is 1. The topological polar surface area (TPSA) is 17.1 Å². The summed E-state index contributed by atoms with van der Waals surface area (Å²) in [6, 6.07) is 9.69. The van der Waals surface area contributed by atoms with Crippen LogP contribution in [-0.4, -0.2) is 18.0 Å². The van der Waals surface area contributed by atoms with E-state index in [2.05, 4.69) is 42.3 Å². The molecule has 0 bridgehead atoms. The van der Waals surface area contributed by atoms with Crippen molar-refractivity contribution < 1.29 is 4.21 Å². The van der Waals surface area contributed by atoms with Gasteiger partial charge in [-0.2, -0.15) is 0 Å². The van der Waals surface area contributed by atoms with E-state index in [-0.39, 0.29) is 0 Å². The van der Waals surface area contributed by atoms with Gasteiger partial charge in [-0.15, -0.1) is 5.54 Å². The minimum absolute atomic E-state index is 0.326. The Morgan fingerprint density at radius 1 is 1.18 bits per heavy atom. The molecule has 0 heterocycles. The number of benzene rings is 1. The first-order chi connectivity index (χ1) is 7.97. The van der Waals surface area contributed by atoms with Crippen molar-refractivity contribution in [3.05, 3.63) is 35.9 Å². The monoisotopic (exact) mass is 260 g/mol. The molecule has 1 aromatic carbocycles. The fourth-order valence-electron chi connectivity index (χ4n) is 0.971. The van der Waals surface area contributed by atoms with Crippen LogP contribution in [0.5, 0.6) is 0 Å². The molecule has 0 aliphatic heterocycles. The van der Waals surface area contributed by atoms with Crippen LogP contribution in [0.2, 0.25) is 19.6 Å². The largest absolute Gasteiger partial charge is 0.245 e. The van der Waals surface area contributed by atoms with E-state index in [1.54, 1.807) is 0 Å². The highest BCUT2D eigenvalue weighted by Gasteiger charge is 2.07. The molecule has 0 saturated carbocycles. The Morgan fingerprint density at radius 2 is 1.82 bits per heavy atom. The second-order valence-electron chi connectivity index (χ2n) is 4.63. The molecule has 0 spiro atoms. The van der Waals surface area contributed by atoms with Gasteiger partial charge >= 0.3 is 0 Å². The van der Waals surface area contributed by atoms with Crippen molar-refractivity contribution in [3.8, 4) is 22.6 Å². The Hall–Kier alpha value is -1.29. The van der Waals surface area contributed by atoms with Crippen molar-refractivity contribution in [2.45, 2.75) is 19.6 Å².